The van der Waals surface area contributed by atoms with Crippen LogP contribution >= 0.6 is 0 Å². The average Bonchev–Trinajstić information content (AvgIpc) is 3.27. The zero-order valence-electron chi connectivity index (χ0n) is 13.8. The summed E-state index contributed by atoms with van der Waals surface area (Å²) in [6.07, 6.45) is 2.08. The third-order valence-electron chi connectivity index (χ3n) is 4.24. The highest BCUT2D eigenvalue weighted by molar-refractivity contribution is 5.96. The molecule has 0 fully saturated rings. The fraction of sp³-hybridized carbons (Fsp3) is 0.100. The van der Waals surface area contributed by atoms with Crippen molar-refractivity contribution in [3.05, 3.63) is 78.1 Å². The van der Waals surface area contributed by atoms with Gasteiger partial charge in [0.1, 0.15) is 5.69 Å². The van der Waals surface area contributed by atoms with Gasteiger partial charge in [-0.15, -0.1) is 0 Å². The van der Waals surface area contributed by atoms with Crippen LogP contribution < -0.4 is 0 Å². The highest BCUT2D eigenvalue weighted by Crippen LogP contribution is 2.30. The Morgan fingerprint density at radius 1 is 1.12 bits per heavy atom. The molecule has 5 nitrogen and oxygen atoms in total. The smallest absolute Gasteiger partial charge is 0.356 e. The number of nitrogens with one attached hydrogen (secondary N) is 1. The number of methoxy groups -OCH3 is 1. The van der Waals surface area contributed by atoms with E-state index < -0.39 is 5.97 Å². The van der Waals surface area contributed by atoms with Crippen LogP contribution in [-0.2, 0) is 11.3 Å². The van der Waals surface area contributed by atoms with Gasteiger partial charge in [0.05, 0.1) is 12.8 Å². The van der Waals surface area contributed by atoms with Gasteiger partial charge in [-0.05, 0) is 17.7 Å². The molecule has 0 aliphatic heterocycles. The maximum Gasteiger partial charge on any atom is 0.356 e. The molecule has 124 valence electrons. The third-order valence-corrected chi connectivity index (χ3v) is 4.24. The first-order valence-electron chi connectivity index (χ1n) is 8.02. The lowest BCUT2D eigenvalue weighted by Gasteiger charge is -2.05. The van der Waals surface area contributed by atoms with Gasteiger partial charge in [0, 0.05) is 29.2 Å². The lowest BCUT2D eigenvalue weighted by molar-refractivity contribution is 0.0594. The topological polar surface area (TPSA) is 59.9 Å². The second-order valence-electron chi connectivity index (χ2n) is 5.83. The molecule has 0 atom stereocenters. The van der Waals surface area contributed by atoms with Gasteiger partial charge in [-0.3, -0.25) is 5.10 Å². The predicted octanol–water partition coefficient (Wildman–Crippen LogP) is 3.87. The molecule has 0 bridgehead atoms. The number of para-hydroxylation sites is 1. The van der Waals surface area contributed by atoms with E-state index in [2.05, 4.69) is 45.2 Å². The second-order valence-corrected chi connectivity index (χ2v) is 5.83. The van der Waals surface area contributed by atoms with Crippen molar-refractivity contribution in [2.24, 2.45) is 0 Å². The van der Waals surface area contributed by atoms with Gasteiger partial charge < -0.3 is 9.30 Å². The number of carbonyl (C=O) groups excluding carboxylic acids is 1. The van der Waals surface area contributed by atoms with Gasteiger partial charge in [0.2, 0.25) is 0 Å². The molecule has 1 N–H and O–H groups in total. The van der Waals surface area contributed by atoms with Crippen molar-refractivity contribution in [1.29, 1.82) is 0 Å². The van der Waals surface area contributed by atoms with Crippen LogP contribution in [0.15, 0.2) is 66.9 Å². The largest absolute Gasteiger partial charge is 0.464 e. The number of aromatic nitrogens is 3. The Morgan fingerprint density at radius 3 is 2.68 bits per heavy atom. The molecule has 0 amide bonds. The van der Waals surface area contributed by atoms with Crippen LogP contribution in [0.4, 0.5) is 0 Å². The van der Waals surface area contributed by atoms with Crippen molar-refractivity contribution in [2.75, 3.05) is 7.11 Å². The number of rotatable bonds is 4. The average molecular weight is 331 g/mol. The quantitative estimate of drug-likeness (QED) is 0.578. The highest BCUT2D eigenvalue weighted by Gasteiger charge is 2.15. The fourth-order valence-electron chi connectivity index (χ4n) is 3.04. The molecule has 0 saturated carbocycles. The molecule has 2 aromatic carbocycles. The minimum atomic E-state index is -0.424. The Morgan fingerprint density at radius 2 is 1.88 bits per heavy atom. The van der Waals surface area contributed by atoms with E-state index in [0.29, 0.717) is 5.69 Å². The van der Waals surface area contributed by atoms with E-state index in [-0.39, 0.29) is 0 Å². The van der Waals surface area contributed by atoms with Gasteiger partial charge in [-0.25, -0.2) is 4.79 Å². The number of H-pyrrole nitrogens is 1. The number of hydrogen-bond donors (Lipinski definition) is 1. The summed E-state index contributed by atoms with van der Waals surface area (Å²) in [6.45, 7) is 0.773. The Labute approximate surface area is 144 Å². The summed E-state index contributed by atoms with van der Waals surface area (Å²) in [5, 5.41) is 8.13. The molecule has 2 aromatic heterocycles. The van der Waals surface area contributed by atoms with Crippen molar-refractivity contribution >= 4 is 16.9 Å². The molecular weight excluding hydrogens is 314 g/mol. The van der Waals surface area contributed by atoms with Crippen molar-refractivity contribution in [1.82, 2.24) is 14.8 Å². The number of esters is 1. The van der Waals surface area contributed by atoms with E-state index in [9.17, 15) is 4.79 Å². The summed E-state index contributed by atoms with van der Waals surface area (Å²) in [5.74, 6) is -0.424. The number of aromatic amines is 1. The molecule has 4 rings (SSSR count). The summed E-state index contributed by atoms with van der Waals surface area (Å²) >= 11 is 0. The molecule has 0 aliphatic carbocycles. The summed E-state index contributed by atoms with van der Waals surface area (Å²) in [6, 6.07) is 20.2. The molecule has 25 heavy (non-hydrogen) atoms. The van der Waals surface area contributed by atoms with Gasteiger partial charge in [-0.2, -0.15) is 5.10 Å². The van der Waals surface area contributed by atoms with E-state index >= 15 is 0 Å². The number of carbonyl (C=O) groups is 1. The van der Waals surface area contributed by atoms with E-state index in [1.54, 1.807) is 6.07 Å². The first kappa shape index (κ1) is 15.2. The second kappa shape index (κ2) is 6.28. The number of ether oxygens (including phenoxy) is 1. The molecule has 0 spiro atoms. The van der Waals surface area contributed by atoms with Crippen molar-refractivity contribution in [3.8, 4) is 11.3 Å². The summed E-state index contributed by atoms with van der Waals surface area (Å²) in [7, 11) is 1.36. The van der Waals surface area contributed by atoms with Crippen LogP contribution in [-0.4, -0.2) is 27.8 Å². The molecule has 0 aliphatic rings. The number of nitrogens with zero attached hydrogens (tertiary/aromatic N) is 2. The third kappa shape index (κ3) is 2.80. The number of hydrogen-bond acceptors (Lipinski definition) is 3. The highest BCUT2D eigenvalue weighted by atomic mass is 16.5. The number of fused-ring (bicyclic) bond motifs is 1. The summed E-state index contributed by atoms with van der Waals surface area (Å²) < 4.78 is 6.94. The van der Waals surface area contributed by atoms with Crippen LogP contribution in [0, 0.1) is 0 Å². The van der Waals surface area contributed by atoms with Gasteiger partial charge >= 0.3 is 5.97 Å². The molecular formula is C20H17N3O2. The monoisotopic (exact) mass is 331 g/mol. The maximum absolute atomic E-state index is 11.7. The van der Waals surface area contributed by atoms with E-state index in [4.69, 9.17) is 4.74 Å². The Hall–Kier alpha value is -3.34. The first-order valence-corrected chi connectivity index (χ1v) is 8.02. The summed E-state index contributed by atoms with van der Waals surface area (Å²) in [5.41, 5.74) is 4.41. The zero-order chi connectivity index (χ0) is 17.2. The predicted molar refractivity (Wildman–Crippen MR) is 96.4 cm³/mol. The molecule has 0 radical (unpaired) electrons. The lowest BCUT2D eigenvalue weighted by Crippen LogP contribution is -2.00. The molecule has 4 aromatic rings. The van der Waals surface area contributed by atoms with E-state index in [1.807, 2.05) is 30.3 Å². The van der Waals surface area contributed by atoms with Crippen molar-refractivity contribution in [3.63, 3.8) is 0 Å². The SMILES string of the molecule is COC(=O)c1cc(-c2cn(Cc3ccccc3)c3ccccc23)n[nH]1. The van der Waals surface area contributed by atoms with Crippen molar-refractivity contribution in [2.45, 2.75) is 6.54 Å². The fourth-order valence-corrected chi connectivity index (χ4v) is 3.04. The maximum atomic E-state index is 11.7. The normalized spacial score (nSPS) is 10.9. The Bertz CT molecular complexity index is 1030. The van der Waals surface area contributed by atoms with Crippen LogP contribution in [0.25, 0.3) is 22.2 Å². The zero-order valence-corrected chi connectivity index (χ0v) is 13.8. The molecule has 2 heterocycles. The van der Waals surface area contributed by atoms with Gasteiger partial charge in [-0.1, -0.05) is 48.5 Å². The van der Waals surface area contributed by atoms with E-state index in [1.165, 1.54) is 12.7 Å². The lowest BCUT2D eigenvalue weighted by atomic mass is 10.1. The first-order chi connectivity index (χ1) is 12.3. The van der Waals surface area contributed by atoms with Gasteiger partial charge in [0.15, 0.2) is 0 Å². The van der Waals surface area contributed by atoms with Gasteiger partial charge in [0.25, 0.3) is 0 Å². The summed E-state index contributed by atoms with van der Waals surface area (Å²) in [4.78, 5) is 11.7. The Kier molecular flexibility index (Phi) is 3.82. The number of benzene rings is 2. The Balaban J connectivity index is 1.80. The van der Waals surface area contributed by atoms with Crippen LogP contribution in [0.5, 0.6) is 0 Å². The van der Waals surface area contributed by atoms with Crippen LogP contribution in [0.2, 0.25) is 0 Å². The van der Waals surface area contributed by atoms with Crippen LogP contribution in [0.1, 0.15) is 16.1 Å². The minimum Gasteiger partial charge on any atom is -0.464 e. The van der Waals surface area contributed by atoms with E-state index in [0.717, 1.165) is 28.7 Å². The van der Waals surface area contributed by atoms with Crippen LogP contribution in [0.3, 0.4) is 0 Å². The standard InChI is InChI=1S/C20H17N3O2/c1-25-20(24)18-11-17(21-22-18)16-13-23(12-14-7-3-2-4-8-14)19-10-6-5-9-15(16)19/h2-11,13H,12H2,1H3,(H,21,22). The minimum absolute atomic E-state index is 0.345. The van der Waals surface area contributed by atoms with Crippen molar-refractivity contribution < 1.29 is 9.53 Å². The molecule has 5 heteroatoms. The molecule has 0 unspecified atom stereocenters. The molecule has 0 saturated heterocycles.